The molecular weight excluding hydrogens is 1220 g/mol. The van der Waals surface area contributed by atoms with Crippen molar-refractivity contribution >= 4 is 57.7 Å². The molecule has 2 aliphatic rings. The molecule has 10 heteroatoms. The van der Waals surface area contributed by atoms with Crippen LogP contribution < -0.4 is 14.5 Å². The van der Waals surface area contributed by atoms with Crippen LogP contribution in [0.25, 0.3) is 67.5 Å². The summed E-state index contributed by atoms with van der Waals surface area (Å²) < 4.78 is 10.1. The van der Waals surface area contributed by atoms with Crippen LogP contribution in [0.3, 0.4) is 0 Å². The van der Waals surface area contributed by atoms with Crippen LogP contribution in [0.15, 0.2) is 332 Å². The van der Waals surface area contributed by atoms with Crippen LogP contribution in [0, 0.1) is 0 Å². The highest BCUT2D eigenvalue weighted by atomic mass is 79.9. The summed E-state index contributed by atoms with van der Waals surface area (Å²) in [6.07, 6.45) is 0. The van der Waals surface area contributed by atoms with Gasteiger partial charge in [0.15, 0.2) is 0 Å². The van der Waals surface area contributed by atoms with Crippen molar-refractivity contribution in [2.24, 2.45) is 0 Å². The van der Waals surface area contributed by atoms with E-state index in [0.29, 0.717) is 13.4 Å². The lowest BCUT2D eigenvalue weighted by atomic mass is 9.73. The number of benzene rings is 12. The summed E-state index contributed by atoms with van der Waals surface area (Å²) in [5, 5.41) is 19.0. The summed E-state index contributed by atoms with van der Waals surface area (Å²) in [6.45, 7) is 9.20. The van der Waals surface area contributed by atoms with Crippen molar-refractivity contribution in [3.8, 4) is 73.3 Å². The van der Waals surface area contributed by atoms with Gasteiger partial charge in [-0.3, -0.25) is 0 Å². The van der Waals surface area contributed by atoms with Crippen LogP contribution >= 0.6 is 15.9 Å². The highest BCUT2D eigenvalue weighted by Gasteiger charge is 2.38. The number of fused-ring (bicyclic) bond motifs is 4. The van der Waals surface area contributed by atoms with E-state index in [-0.39, 0.29) is 10.8 Å². The second-order valence-corrected chi connectivity index (χ2v) is 25.1. The van der Waals surface area contributed by atoms with Crippen LogP contribution in [-0.4, -0.2) is 32.3 Å². The average molecular weight is 1280 g/mol. The molecule has 0 spiro atoms. The SMILES string of the molecule is Brc1c(-c2ccccc2)nn(-c2ccccc2)c1-c1ccccc1.CC1(C)c2ccccc2N(c2ccc(-c3c(-c4ccccc4)nn(-c4ccccc4)c3-c3ccccc3)cc2)c2ccccc21.CC1(C)c2ccccc2N(c2ccc(O[B]O)cc2)c2ccccc21. The first kappa shape index (κ1) is 60.5. The monoisotopic (exact) mass is 1280 g/mol. The van der Waals surface area contributed by atoms with Gasteiger partial charge in [-0.2, -0.15) is 10.2 Å². The van der Waals surface area contributed by atoms with E-state index in [1.54, 1.807) is 0 Å². The molecule has 2 aromatic heterocycles. The summed E-state index contributed by atoms with van der Waals surface area (Å²) in [5.41, 5.74) is 24.9. The molecular formula is C84H67BBrN6O2. The molecule has 0 bridgehead atoms. The Morgan fingerprint density at radius 3 is 1.02 bits per heavy atom. The summed E-state index contributed by atoms with van der Waals surface area (Å²) in [4.78, 5) is 4.69. The van der Waals surface area contributed by atoms with Crippen molar-refractivity contribution in [2.45, 2.75) is 38.5 Å². The van der Waals surface area contributed by atoms with E-state index in [1.165, 1.54) is 45.0 Å². The predicted molar refractivity (Wildman–Crippen MR) is 391 cm³/mol. The van der Waals surface area contributed by atoms with Gasteiger partial charge < -0.3 is 19.5 Å². The fourth-order valence-corrected chi connectivity index (χ4v) is 14.0. The van der Waals surface area contributed by atoms with Crippen molar-refractivity contribution in [1.29, 1.82) is 0 Å². The minimum absolute atomic E-state index is 0.0570. The van der Waals surface area contributed by atoms with Crippen LogP contribution in [-0.2, 0) is 10.8 Å². The number of halogens is 1. The van der Waals surface area contributed by atoms with Gasteiger partial charge in [0.05, 0.1) is 50.0 Å². The number of anilines is 6. The second kappa shape index (κ2) is 26.3. The van der Waals surface area contributed by atoms with Gasteiger partial charge in [-0.15, -0.1) is 0 Å². The third kappa shape index (κ3) is 11.5. The van der Waals surface area contributed by atoms with E-state index >= 15 is 0 Å². The lowest BCUT2D eigenvalue weighted by Crippen LogP contribution is -2.30. The average Bonchev–Trinajstić information content (AvgIpc) is 1.03. The molecule has 0 fully saturated rings. The molecule has 0 atom stereocenters. The molecule has 12 aromatic carbocycles. The van der Waals surface area contributed by atoms with E-state index in [0.717, 1.165) is 83.4 Å². The molecule has 16 rings (SSSR count). The van der Waals surface area contributed by atoms with E-state index in [1.807, 2.05) is 89.6 Å². The Balaban J connectivity index is 0.000000132. The van der Waals surface area contributed by atoms with Crippen LogP contribution in [0.1, 0.15) is 49.9 Å². The van der Waals surface area contributed by atoms with Gasteiger partial charge in [-0.05, 0) is 129 Å². The minimum Gasteiger partial charge on any atom is -0.537 e. The molecule has 0 unspecified atom stereocenters. The molecule has 94 heavy (non-hydrogen) atoms. The predicted octanol–water partition coefficient (Wildman–Crippen LogP) is 21.7. The van der Waals surface area contributed by atoms with Gasteiger partial charge in [-0.1, -0.05) is 270 Å². The zero-order valence-electron chi connectivity index (χ0n) is 52.7. The van der Waals surface area contributed by atoms with Gasteiger partial charge in [0.25, 0.3) is 0 Å². The van der Waals surface area contributed by atoms with E-state index < -0.39 is 0 Å². The molecule has 0 amide bonds. The number of aromatic nitrogens is 4. The molecule has 0 saturated heterocycles. The molecule has 8 nitrogen and oxygen atoms in total. The molecule has 455 valence electrons. The number of para-hydroxylation sites is 6. The van der Waals surface area contributed by atoms with Crippen LogP contribution in [0.4, 0.5) is 34.1 Å². The number of hydrogen-bond acceptors (Lipinski definition) is 6. The third-order valence-corrected chi connectivity index (χ3v) is 18.6. The van der Waals surface area contributed by atoms with E-state index in [9.17, 15) is 0 Å². The van der Waals surface area contributed by atoms with Crippen LogP contribution in [0.2, 0.25) is 0 Å². The van der Waals surface area contributed by atoms with Crippen molar-refractivity contribution in [3.63, 3.8) is 0 Å². The topological polar surface area (TPSA) is 71.6 Å². The molecule has 1 N–H and O–H groups in total. The Labute approximate surface area is 559 Å². The number of rotatable bonds is 11. The molecule has 1 radical (unpaired) electrons. The highest BCUT2D eigenvalue weighted by Crippen LogP contribution is 2.54. The standard InChI is InChI=1S/C42H33N3.C21H19BNO2.C21H15BrN2/c1-42(2)35-22-12-14-24-37(35)44(38-25-15-13-23-36(38)42)33-28-26-30(27-29-33)39-40(31-16-6-3-7-17-31)43-45(34-20-10-5-11-21-34)41(39)32-18-8-4-9-19-32;1-21(2)17-7-3-5-9-19(17)23(20-10-6-4-8-18(20)21)15-11-13-16(14-12-15)25-22-24;22-19-20(16-10-4-1-5-11-16)23-24(18-14-8-3-9-15-18)21(19)17-12-6-2-7-13-17/h3-29H,1-2H3;3-14,24H,1-2H3;1-15H. The van der Waals surface area contributed by atoms with Gasteiger partial charge in [0.1, 0.15) is 17.1 Å². The zero-order valence-corrected chi connectivity index (χ0v) is 54.3. The van der Waals surface area contributed by atoms with Crippen molar-refractivity contribution in [3.05, 3.63) is 354 Å². The number of hydrogen-bond donors (Lipinski definition) is 1. The molecule has 4 heterocycles. The Kier molecular flexibility index (Phi) is 16.9. The smallest absolute Gasteiger partial charge is 0.537 e. The first-order valence-corrected chi connectivity index (χ1v) is 32.4. The zero-order chi connectivity index (χ0) is 64.2. The van der Waals surface area contributed by atoms with Gasteiger partial charge in [-0.25, -0.2) is 9.36 Å². The molecule has 0 aliphatic carbocycles. The normalized spacial score (nSPS) is 12.9. The fraction of sp³-hybridized carbons (Fsp3) is 0.0714. The first-order chi connectivity index (χ1) is 46.1. The Morgan fingerprint density at radius 1 is 0.319 bits per heavy atom. The first-order valence-electron chi connectivity index (χ1n) is 31.6. The molecule has 14 aromatic rings. The summed E-state index contributed by atoms with van der Waals surface area (Å²) in [7, 11) is 0.697. The maximum Gasteiger partial charge on any atom is 0.569 e. The van der Waals surface area contributed by atoms with Crippen LogP contribution in [0.5, 0.6) is 5.75 Å². The second-order valence-electron chi connectivity index (χ2n) is 24.3. The molecule has 2 aliphatic heterocycles. The highest BCUT2D eigenvalue weighted by molar-refractivity contribution is 9.10. The van der Waals surface area contributed by atoms with E-state index in [4.69, 9.17) is 19.9 Å². The minimum atomic E-state index is -0.0924. The summed E-state index contributed by atoms with van der Waals surface area (Å²) >= 11 is 3.79. The maximum absolute atomic E-state index is 8.80. The molecule has 0 saturated carbocycles. The maximum atomic E-state index is 8.80. The quantitative estimate of drug-likeness (QED) is 0.130. The Hall–Kier alpha value is -11.0. The Morgan fingerprint density at radius 2 is 0.628 bits per heavy atom. The third-order valence-electron chi connectivity index (χ3n) is 17.9. The van der Waals surface area contributed by atoms with Gasteiger partial charge in [0.2, 0.25) is 0 Å². The van der Waals surface area contributed by atoms with Crippen molar-refractivity contribution in [2.75, 3.05) is 9.80 Å². The summed E-state index contributed by atoms with van der Waals surface area (Å²) in [5.74, 6) is 0.602. The summed E-state index contributed by atoms with van der Waals surface area (Å²) in [6, 6.07) is 114. The fourth-order valence-electron chi connectivity index (χ4n) is 13.3. The Bertz CT molecular complexity index is 4810. The van der Waals surface area contributed by atoms with E-state index in [2.05, 4.69) is 301 Å². The van der Waals surface area contributed by atoms with Crippen molar-refractivity contribution in [1.82, 2.24) is 19.6 Å². The lowest BCUT2D eigenvalue weighted by Gasteiger charge is -2.42. The van der Waals surface area contributed by atoms with Crippen molar-refractivity contribution < 1.29 is 9.68 Å². The van der Waals surface area contributed by atoms with Gasteiger partial charge >= 0.3 is 7.69 Å². The lowest BCUT2D eigenvalue weighted by molar-refractivity contribution is 0.454. The van der Waals surface area contributed by atoms with Gasteiger partial charge in [0, 0.05) is 50.0 Å². The number of nitrogens with zero attached hydrogens (tertiary/aromatic N) is 6. The largest absolute Gasteiger partial charge is 0.569 e.